The number of hydrogen-bond acceptors (Lipinski definition) is 6. The van der Waals surface area contributed by atoms with Crippen molar-refractivity contribution in [2.75, 3.05) is 18.0 Å². The number of piperazine rings is 1. The third-order valence-electron chi connectivity index (χ3n) is 4.00. The van der Waals surface area contributed by atoms with Gasteiger partial charge in [0.05, 0.1) is 18.3 Å². The second kappa shape index (κ2) is 5.53. The van der Waals surface area contributed by atoms with E-state index in [2.05, 4.69) is 16.0 Å². The van der Waals surface area contributed by atoms with Gasteiger partial charge in [-0.05, 0) is 38.8 Å². The van der Waals surface area contributed by atoms with Gasteiger partial charge in [0.2, 0.25) is 5.28 Å². The van der Waals surface area contributed by atoms with E-state index in [1.54, 1.807) is 4.90 Å². The van der Waals surface area contributed by atoms with Gasteiger partial charge >= 0.3 is 6.09 Å². The summed E-state index contributed by atoms with van der Waals surface area (Å²) in [5.41, 5.74) is -0.113. The van der Waals surface area contributed by atoms with E-state index in [0.29, 0.717) is 24.5 Å². The molecule has 0 radical (unpaired) electrons. The van der Waals surface area contributed by atoms with Crippen LogP contribution in [-0.4, -0.2) is 51.7 Å². The number of aromatic nitrogens is 2. The lowest BCUT2D eigenvalue weighted by molar-refractivity contribution is 0.0214. The first kappa shape index (κ1) is 15.8. The molecule has 2 atom stereocenters. The zero-order valence-corrected chi connectivity index (χ0v) is 14.0. The fourth-order valence-corrected chi connectivity index (χ4v) is 3.25. The summed E-state index contributed by atoms with van der Waals surface area (Å²) in [6.07, 6.45) is 1.99. The lowest BCUT2D eigenvalue weighted by atomic mass is 10.2. The van der Waals surface area contributed by atoms with Gasteiger partial charge in [0.15, 0.2) is 5.82 Å². The van der Waals surface area contributed by atoms with Crippen molar-refractivity contribution in [2.24, 2.45) is 0 Å². The number of nitriles is 1. The van der Waals surface area contributed by atoms with Gasteiger partial charge in [-0.1, -0.05) is 0 Å². The second-order valence-corrected chi connectivity index (χ2v) is 7.15. The molecule has 0 spiro atoms. The van der Waals surface area contributed by atoms with Crippen molar-refractivity contribution >= 4 is 23.5 Å². The topological polar surface area (TPSA) is 82.3 Å². The Morgan fingerprint density at radius 1 is 1.43 bits per heavy atom. The number of likely N-dealkylation sites (tertiary alicyclic amines) is 1. The first-order valence-electron chi connectivity index (χ1n) is 7.47. The number of amides is 1. The standard InChI is InChI=1S/C15H18ClN5O2/c1-15(2,3)23-14(22)21-8-10-4-11(21)7-20(10)12-9(5-17)6-18-13(16)19-12/h6,10-11H,4,7-8H2,1-3H3. The van der Waals surface area contributed by atoms with Gasteiger partial charge in [-0.15, -0.1) is 0 Å². The van der Waals surface area contributed by atoms with Gasteiger partial charge in [0.25, 0.3) is 0 Å². The highest BCUT2D eigenvalue weighted by Gasteiger charge is 2.47. The molecule has 2 aliphatic heterocycles. The number of carbonyl (C=O) groups is 1. The minimum Gasteiger partial charge on any atom is -0.444 e. The highest BCUT2D eigenvalue weighted by molar-refractivity contribution is 6.28. The summed E-state index contributed by atoms with van der Waals surface area (Å²) < 4.78 is 5.45. The molecule has 2 unspecified atom stereocenters. The predicted molar refractivity (Wildman–Crippen MR) is 84.2 cm³/mol. The van der Waals surface area contributed by atoms with Crippen LogP contribution in [0.25, 0.3) is 0 Å². The summed E-state index contributed by atoms with van der Waals surface area (Å²) in [6.45, 7) is 6.74. The largest absolute Gasteiger partial charge is 0.444 e. The van der Waals surface area contributed by atoms with E-state index < -0.39 is 5.60 Å². The van der Waals surface area contributed by atoms with Crippen molar-refractivity contribution in [3.63, 3.8) is 0 Å². The number of rotatable bonds is 1. The predicted octanol–water partition coefficient (Wildman–Crippen LogP) is 2.20. The lowest BCUT2D eigenvalue weighted by Crippen LogP contribution is -2.50. The summed E-state index contributed by atoms with van der Waals surface area (Å²) in [7, 11) is 0. The highest BCUT2D eigenvalue weighted by atomic mass is 35.5. The van der Waals surface area contributed by atoms with Gasteiger partial charge in [0, 0.05) is 13.1 Å². The smallest absolute Gasteiger partial charge is 0.410 e. The molecule has 0 N–H and O–H groups in total. The number of halogens is 1. The quantitative estimate of drug-likeness (QED) is 0.732. The molecule has 0 aliphatic carbocycles. The molecule has 3 rings (SSSR count). The first-order valence-corrected chi connectivity index (χ1v) is 7.85. The number of nitrogens with zero attached hydrogens (tertiary/aromatic N) is 5. The molecule has 2 fully saturated rings. The number of ether oxygens (including phenoxy) is 1. The summed E-state index contributed by atoms with van der Waals surface area (Å²) in [4.78, 5) is 24.1. The van der Waals surface area contributed by atoms with E-state index in [-0.39, 0.29) is 23.5 Å². The highest BCUT2D eigenvalue weighted by Crippen LogP contribution is 2.36. The minimum absolute atomic E-state index is 0.0649. The van der Waals surface area contributed by atoms with Crippen LogP contribution in [0.2, 0.25) is 5.28 Å². The van der Waals surface area contributed by atoms with Gasteiger partial charge in [-0.25, -0.2) is 9.78 Å². The third-order valence-corrected chi connectivity index (χ3v) is 4.18. The molecule has 2 aliphatic rings. The van der Waals surface area contributed by atoms with Gasteiger partial charge in [0.1, 0.15) is 17.2 Å². The number of anilines is 1. The van der Waals surface area contributed by atoms with Crippen molar-refractivity contribution < 1.29 is 9.53 Å². The summed E-state index contributed by atoms with van der Waals surface area (Å²) in [5, 5.41) is 9.34. The molecular weight excluding hydrogens is 318 g/mol. The van der Waals surface area contributed by atoms with Crippen LogP contribution >= 0.6 is 11.6 Å². The molecule has 1 aromatic heterocycles. The average molecular weight is 336 g/mol. The maximum Gasteiger partial charge on any atom is 0.410 e. The normalized spacial score (nSPS) is 23.1. The van der Waals surface area contributed by atoms with Crippen molar-refractivity contribution in [1.82, 2.24) is 14.9 Å². The Balaban J connectivity index is 1.76. The summed E-state index contributed by atoms with van der Waals surface area (Å²) in [5.74, 6) is 0.545. The average Bonchev–Trinajstić information content (AvgIpc) is 3.05. The molecular formula is C15H18ClN5O2. The van der Waals surface area contributed by atoms with Crippen molar-refractivity contribution in [3.8, 4) is 6.07 Å². The van der Waals surface area contributed by atoms with E-state index in [1.807, 2.05) is 25.7 Å². The molecule has 1 aromatic rings. The van der Waals surface area contributed by atoms with Gasteiger partial charge < -0.3 is 14.5 Å². The molecule has 0 aromatic carbocycles. The number of fused-ring (bicyclic) bond motifs is 2. The van der Waals surface area contributed by atoms with Crippen LogP contribution in [-0.2, 0) is 4.74 Å². The maximum absolute atomic E-state index is 12.3. The Morgan fingerprint density at radius 3 is 2.74 bits per heavy atom. The van der Waals surface area contributed by atoms with E-state index in [9.17, 15) is 10.1 Å². The van der Waals surface area contributed by atoms with E-state index in [4.69, 9.17) is 16.3 Å². The molecule has 2 bridgehead atoms. The monoisotopic (exact) mass is 335 g/mol. The van der Waals surface area contributed by atoms with E-state index >= 15 is 0 Å². The Labute approximate surface area is 139 Å². The Hall–Kier alpha value is -2.07. The van der Waals surface area contributed by atoms with Crippen molar-refractivity contribution in [2.45, 2.75) is 44.9 Å². The second-order valence-electron chi connectivity index (χ2n) is 6.82. The van der Waals surface area contributed by atoms with Crippen molar-refractivity contribution in [1.29, 1.82) is 5.26 Å². The molecule has 122 valence electrons. The lowest BCUT2D eigenvalue weighted by Gasteiger charge is -2.35. The van der Waals surface area contributed by atoms with Crippen LogP contribution in [0.1, 0.15) is 32.8 Å². The molecule has 2 saturated heterocycles. The number of hydrogen-bond donors (Lipinski definition) is 0. The molecule has 3 heterocycles. The van der Waals surface area contributed by atoms with Crippen LogP contribution in [0.5, 0.6) is 0 Å². The fraction of sp³-hybridized carbons (Fsp3) is 0.600. The van der Waals surface area contributed by atoms with Gasteiger partial charge in [-0.2, -0.15) is 10.2 Å². The summed E-state index contributed by atoms with van der Waals surface area (Å²) in [6, 6.07) is 2.27. The fourth-order valence-electron chi connectivity index (χ4n) is 3.12. The first-order chi connectivity index (χ1) is 10.8. The Bertz CT molecular complexity index is 681. The van der Waals surface area contributed by atoms with Crippen LogP contribution in [0.4, 0.5) is 10.6 Å². The van der Waals surface area contributed by atoms with Crippen LogP contribution < -0.4 is 4.90 Å². The zero-order chi connectivity index (χ0) is 16.8. The molecule has 23 heavy (non-hydrogen) atoms. The Morgan fingerprint density at radius 2 is 2.17 bits per heavy atom. The molecule has 1 amide bonds. The van der Waals surface area contributed by atoms with Crippen LogP contribution in [0, 0.1) is 11.3 Å². The SMILES string of the molecule is CC(C)(C)OC(=O)N1CC2CC1CN2c1nc(Cl)ncc1C#N. The van der Waals surface area contributed by atoms with E-state index in [1.165, 1.54) is 6.20 Å². The number of carbonyl (C=O) groups excluding carboxylic acids is 1. The summed E-state index contributed by atoms with van der Waals surface area (Å²) >= 11 is 5.86. The van der Waals surface area contributed by atoms with Crippen LogP contribution in [0.15, 0.2) is 6.20 Å². The van der Waals surface area contributed by atoms with Crippen LogP contribution in [0.3, 0.4) is 0 Å². The minimum atomic E-state index is -0.507. The molecule has 0 saturated carbocycles. The molecule has 8 heteroatoms. The zero-order valence-electron chi connectivity index (χ0n) is 13.3. The molecule has 7 nitrogen and oxygen atoms in total. The van der Waals surface area contributed by atoms with Gasteiger partial charge in [-0.3, -0.25) is 0 Å². The third kappa shape index (κ3) is 3.04. The Kier molecular flexibility index (Phi) is 3.80. The van der Waals surface area contributed by atoms with E-state index in [0.717, 1.165) is 6.42 Å². The maximum atomic E-state index is 12.3. The van der Waals surface area contributed by atoms with Crippen molar-refractivity contribution in [3.05, 3.63) is 17.0 Å².